The number of hydrogen-bond acceptors (Lipinski definition) is 6. The van der Waals surface area contributed by atoms with E-state index in [1.807, 2.05) is 0 Å². The predicted molar refractivity (Wildman–Crippen MR) is 135 cm³/mol. The Morgan fingerprint density at radius 2 is 1.68 bits per heavy atom. The Kier molecular flexibility index (Phi) is 8.32. The molecule has 2 heterocycles. The maximum atomic E-state index is 13.3. The molecule has 2 aromatic heterocycles. The lowest BCUT2D eigenvalue weighted by Crippen LogP contribution is -2.40. The summed E-state index contributed by atoms with van der Waals surface area (Å²) in [7, 11) is -3.66. The van der Waals surface area contributed by atoms with Crippen molar-refractivity contribution in [2.75, 3.05) is 5.75 Å². The predicted octanol–water partition coefficient (Wildman–Crippen LogP) is 5.58. The number of aromatic nitrogens is 3. The van der Waals surface area contributed by atoms with Gasteiger partial charge in [-0.1, -0.05) is 65.7 Å². The molecule has 0 saturated heterocycles. The van der Waals surface area contributed by atoms with Gasteiger partial charge in [0.2, 0.25) is 15.0 Å². The van der Waals surface area contributed by atoms with Crippen LogP contribution in [-0.2, 0) is 9.84 Å². The summed E-state index contributed by atoms with van der Waals surface area (Å²) in [5, 5.41) is 0.324. The van der Waals surface area contributed by atoms with Crippen LogP contribution in [0, 0.1) is 12.3 Å². The highest BCUT2D eigenvalue weighted by molar-refractivity contribution is 7.91. The minimum atomic E-state index is -3.66. The second kappa shape index (κ2) is 10.7. The first kappa shape index (κ1) is 26.5. The lowest BCUT2D eigenvalue weighted by atomic mass is 9.68. The fourth-order valence-corrected chi connectivity index (χ4v) is 6.34. The number of carbonyl (C=O) groups is 1. The van der Waals surface area contributed by atoms with Crippen LogP contribution in [0.4, 0.5) is 0 Å². The molecular formula is C26H39N3O4S. The van der Waals surface area contributed by atoms with E-state index in [-0.39, 0.29) is 39.3 Å². The van der Waals surface area contributed by atoms with E-state index in [1.165, 1.54) is 38.8 Å². The van der Waals surface area contributed by atoms with E-state index in [2.05, 4.69) is 30.7 Å². The van der Waals surface area contributed by atoms with Gasteiger partial charge in [0, 0.05) is 17.6 Å². The summed E-state index contributed by atoms with van der Waals surface area (Å²) >= 11 is 0. The number of rotatable bonds is 12. The van der Waals surface area contributed by atoms with Crippen LogP contribution in [0.25, 0.3) is 11.0 Å². The molecule has 1 aliphatic carbocycles. The van der Waals surface area contributed by atoms with Gasteiger partial charge in [-0.2, -0.15) is 4.98 Å². The minimum Gasteiger partial charge on any atom is -0.294 e. The molecular weight excluding hydrogens is 450 g/mol. The molecule has 2 aromatic rings. The zero-order valence-electron chi connectivity index (χ0n) is 21.3. The summed E-state index contributed by atoms with van der Waals surface area (Å²) in [4.78, 5) is 34.2. The Morgan fingerprint density at radius 1 is 1.09 bits per heavy atom. The number of Topliss-reactive ketones (excluding diaryl/α,β-unsaturated/α-hetero) is 1. The molecule has 0 bridgehead atoms. The van der Waals surface area contributed by atoms with Crippen molar-refractivity contribution in [1.82, 2.24) is 14.5 Å². The Labute approximate surface area is 203 Å². The quantitative estimate of drug-likeness (QED) is 0.219. The van der Waals surface area contributed by atoms with Crippen LogP contribution in [0.5, 0.6) is 0 Å². The average Bonchev–Trinajstić information content (AvgIpc) is 2.73. The first-order valence-electron chi connectivity index (χ1n) is 12.6. The maximum absolute atomic E-state index is 13.3. The highest BCUT2D eigenvalue weighted by atomic mass is 32.2. The molecule has 1 saturated carbocycles. The number of ketones is 1. The van der Waals surface area contributed by atoms with Crippen molar-refractivity contribution in [3.05, 3.63) is 27.7 Å². The molecule has 0 atom stereocenters. The number of aryl methyl sites for hydroxylation is 1. The summed E-state index contributed by atoms with van der Waals surface area (Å²) in [6, 6.07) is -0.109. The Bertz CT molecular complexity index is 1210. The summed E-state index contributed by atoms with van der Waals surface area (Å²) < 4.78 is 27.5. The lowest BCUT2D eigenvalue weighted by Gasteiger charge is -2.43. The molecule has 0 unspecified atom stereocenters. The number of hydrogen-bond donors (Lipinski definition) is 0. The molecule has 7 nitrogen and oxygen atoms in total. The van der Waals surface area contributed by atoms with Crippen molar-refractivity contribution in [2.24, 2.45) is 5.41 Å². The summed E-state index contributed by atoms with van der Waals surface area (Å²) in [6.45, 7) is 9.54. The third kappa shape index (κ3) is 5.75. The summed E-state index contributed by atoms with van der Waals surface area (Å²) in [5.74, 6) is -0.304. The van der Waals surface area contributed by atoms with Crippen molar-refractivity contribution in [1.29, 1.82) is 0 Å². The molecule has 188 valence electrons. The zero-order chi connectivity index (χ0) is 25.1. The average molecular weight is 490 g/mol. The third-order valence-electron chi connectivity index (χ3n) is 7.02. The van der Waals surface area contributed by atoms with Gasteiger partial charge in [0.05, 0.1) is 11.3 Å². The van der Waals surface area contributed by atoms with Crippen molar-refractivity contribution >= 4 is 26.7 Å². The van der Waals surface area contributed by atoms with Gasteiger partial charge in [0.1, 0.15) is 5.65 Å². The number of nitrogens with zero attached hydrogens (tertiary/aromatic N) is 3. The smallest absolute Gasteiger partial charge is 0.263 e. The van der Waals surface area contributed by atoms with Crippen LogP contribution < -0.4 is 5.56 Å². The van der Waals surface area contributed by atoms with Gasteiger partial charge >= 0.3 is 0 Å². The number of carbonyl (C=O) groups excluding carboxylic acids is 1. The van der Waals surface area contributed by atoms with Crippen LogP contribution in [0.3, 0.4) is 0 Å². The second-order valence-electron chi connectivity index (χ2n) is 10.6. The molecule has 0 N–H and O–H groups in total. The van der Waals surface area contributed by atoms with E-state index >= 15 is 0 Å². The molecule has 0 aromatic carbocycles. The fourth-order valence-electron chi connectivity index (χ4n) is 5.14. The van der Waals surface area contributed by atoms with Gasteiger partial charge in [-0.05, 0) is 44.1 Å². The Hall–Kier alpha value is -2.09. The zero-order valence-corrected chi connectivity index (χ0v) is 22.1. The molecule has 8 heteroatoms. The fraction of sp³-hybridized carbons (Fsp3) is 0.692. The number of pyridine rings is 1. The van der Waals surface area contributed by atoms with E-state index in [0.717, 1.165) is 32.1 Å². The molecule has 0 spiro atoms. The Balaban J connectivity index is 1.87. The first-order chi connectivity index (χ1) is 16.0. The standard InChI is InChI=1S/C26H39N3O4S/c1-6-7-8-9-10-11-12-13-14-34(32,33)25-27-17-21-18(2)22(19(3)30)24(31)29(23(21)28-25)20-15-26(4,5)16-20/h17,20H,6-16H2,1-5H3. The van der Waals surface area contributed by atoms with Crippen molar-refractivity contribution in [3.8, 4) is 0 Å². The SMILES string of the molecule is CCCCCCCCCCS(=O)(=O)c1ncc2c(C)c(C(C)=O)c(=O)n(C3CC(C)(C)C3)c2n1. The van der Waals surface area contributed by atoms with Gasteiger partial charge in [-0.25, -0.2) is 13.4 Å². The molecule has 0 amide bonds. The maximum Gasteiger partial charge on any atom is 0.263 e. The lowest BCUT2D eigenvalue weighted by molar-refractivity contribution is 0.0991. The normalized spacial score (nSPS) is 16.0. The van der Waals surface area contributed by atoms with Gasteiger partial charge in [0.25, 0.3) is 5.56 Å². The van der Waals surface area contributed by atoms with Gasteiger partial charge in [-0.3, -0.25) is 14.2 Å². The van der Waals surface area contributed by atoms with E-state index < -0.39 is 9.84 Å². The third-order valence-corrected chi connectivity index (χ3v) is 8.60. The topological polar surface area (TPSA) is 99.0 Å². The van der Waals surface area contributed by atoms with Gasteiger partial charge in [-0.15, -0.1) is 0 Å². The number of unbranched alkanes of at least 4 members (excludes halogenated alkanes) is 7. The van der Waals surface area contributed by atoms with Crippen molar-refractivity contribution in [3.63, 3.8) is 0 Å². The van der Waals surface area contributed by atoms with Crippen molar-refractivity contribution in [2.45, 2.75) is 110 Å². The molecule has 0 aliphatic heterocycles. The molecule has 1 fully saturated rings. The minimum absolute atomic E-state index is 0.00132. The van der Waals surface area contributed by atoms with Crippen LogP contribution in [0.15, 0.2) is 16.1 Å². The monoisotopic (exact) mass is 489 g/mol. The van der Waals surface area contributed by atoms with Crippen LogP contribution >= 0.6 is 0 Å². The summed E-state index contributed by atoms with van der Waals surface area (Å²) in [6.07, 6.45) is 11.5. The first-order valence-corrected chi connectivity index (χ1v) is 14.3. The Morgan fingerprint density at radius 3 is 2.24 bits per heavy atom. The highest BCUT2D eigenvalue weighted by Gasteiger charge is 2.39. The molecule has 0 radical (unpaired) electrons. The van der Waals surface area contributed by atoms with Crippen molar-refractivity contribution < 1.29 is 13.2 Å². The van der Waals surface area contributed by atoms with E-state index in [1.54, 1.807) is 11.5 Å². The van der Waals surface area contributed by atoms with Crippen LogP contribution in [-0.4, -0.2) is 34.5 Å². The van der Waals surface area contributed by atoms with Gasteiger partial charge < -0.3 is 0 Å². The van der Waals surface area contributed by atoms with Crippen LogP contribution in [0.2, 0.25) is 0 Å². The van der Waals surface area contributed by atoms with E-state index in [4.69, 9.17) is 0 Å². The summed E-state index contributed by atoms with van der Waals surface area (Å²) in [5.41, 5.74) is 0.668. The van der Waals surface area contributed by atoms with Crippen LogP contribution in [0.1, 0.15) is 114 Å². The highest BCUT2D eigenvalue weighted by Crippen LogP contribution is 2.48. The van der Waals surface area contributed by atoms with E-state index in [9.17, 15) is 18.0 Å². The molecule has 34 heavy (non-hydrogen) atoms. The molecule has 3 rings (SSSR count). The van der Waals surface area contributed by atoms with Gasteiger partial charge in [0.15, 0.2) is 5.78 Å². The second-order valence-corrected chi connectivity index (χ2v) is 12.6. The molecule has 1 aliphatic rings. The van der Waals surface area contributed by atoms with E-state index in [0.29, 0.717) is 23.0 Å². The number of fused-ring (bicyclic) bond motifs is 1. The number of sulfone groups is 1. The largest absolute Gasteiger partial charge is 0.294 e.